The summed E-state index contributed by atoms with van der Waals surface area (Å²) in [5.74, 6) is -6.55. The van der Waals surface area contributed by atoms with E-state index in [-0.39, 0.29) is 17.0 Å². The molecule has 0 aliphatic heterocycles. The molecule has 0 radical (unpaired) electrons. The largest absolute Gasteiger partial charge is 0.440 e. The summed E-state index contributed by atoms with van der Waals surface area (Å²) < 4.78 is 86.4. The van der Waals surface area contributed by atoms with Crippen LogP contribution in [0, 0.1) is 12.4 Å². The number of fused-ring (bicyclic) bond motifs is 1. The van der Waals surface area contributed by atoms with Gasteiger partial charge in [-0.15, -0.1) is 0 Å². The van der Waals surface area contributed by atoms with Crippen molar-refractivity contribution in [3.63, 3.8) is 0 Å². The highest BCUT2D eigenvalue weighted by molar-refractivity contribution is 5.53. The molecule has 0 fully saturated rings. The van der Waals surface area contributed by atoms with E-state index in [2.05, 4.69) is 9.83 Å². The van der Waals surface area contributed by atoms with Crippen LogP contribution in [0.5, 0.6) is 11.6 Å². The molecule has 26 heavy (non-hydrogen) atoms. The van der Waals surface area contributed by atoms with Crippen LogP contribution in [0.1, 0.15) is 29.5 Å². The van der Waals surface area contributed by atoms with Crippen LogP contribution >= 0.6 is 0 Å². The lowest BCUT2D eigenvalue weighted by Crippen LogP contribution is -2.21. The SMILES string of the molecule is [C-]#[N+]c1cc(F)cc(Oc2ncc(C(F)(F)F)c3c2CC(F)(F)[C@H]3C)c1. The second kappa shape index (κ2) is 5.90. The van der Waals surface area contributed by atoms with Gasteiger partial charge in [-0.2, -0.15) is 13.2 Å². The number of pyridine rings is 1. The molecule has 1 aromatic carbocycles. The number of hydrogen-bond acceptors (Lipinski definition) is 2. The van der Waals surface area contributed by atoms with E-state index in [1.165, 1.54) is 0 Å². The molecule has 0 spiro atoms. The molecular weight excluding hydrogens is 362 g/mol. The van der Waals surface area contributed by atoms with Gasteiger partial charge in [-0.25, -0.2) is 23.0 Å². The van der Waals surface area contributed by atoms with Crippen molar-refractivity contribution in [3.8, 4) is 11.6 Å². The first-order valence-electron chi connectivity index (χ1n) is 7.35. The fourth-order valence-electron chi connectivity index (χ4n) is 2.91. The standard InChI is InChI=1S/C17H10F6N2O/c1-8-14-12(6-16(8,19)20)15(25-7-13(14)17(21,22)23)26-11-4-9(18)3-10(5-11)24-2/h3-5,7-8H,6H2,1H3/t8-/m0/s1. The van der Waals surface area contributed by atoms with Gasteiger partial charge in [0.2, 0.25) is 5.88 Å². The van der Waals surface area contributed by atoms with Crippen LogP contribution < -0.4 is 4.74 Å². The molecule has 9 heteroatoms. The highest BCUT2D eigenvalue weighted by Gasteiger charge is 2.51. The number of alkyl halides is 5. The van der Waals surface area contributed by atoms with Gasteiger partial charge in [0.25, 0.3) is 5.92 Å². The van der Waals surface area contributed by atoms with Gasteiger partial charge < -0.3 is 4.74 Å². The molecule has 1 aliphatic carbocycles. The molecule has 1 heterocycles. The fourth-order valence-corrected chi connectivity index (χ4v) is 2.91. The van der Waals surface area contributed by atoms with E-state index in [1.54, 1.807) is 0 Å². The summed E-state index contributed by atoms with van der Waals surface area (Å²) in [5, 5.41) is 0. The molecule has 2 aromatic rings. The van der Waals surface area contributed by atoms with E-state index in [9.17, 15) is 26.3 Å². The minimum atomic E-state index is -4.85. The smallest absolute Gasteiger partial charge is 0.418 e. The number of nitrogens with zero attached hydrogens (tertiary/aromatic N) is 2. The van der Waals surface area contributed by atoms with Crippen LogP contribution in [0.25, 0.3) is 4.85 Å². The topological polar surface area (TPSA) is 26.5 Å². The third-order valence-corrected chi connectivity index (χ3v) is 4.17. The van der Waals surface area contributed by atoms with Crippen molar-refractivity contribution in [2.45, 2.75) is 31.4 Å². The molecular formula is C17H10F6N2O. The summed E-state index contributed by atoms with van der Waals surface area (Å²) in [6, 6.07) is 2.95. The Bertz CT molecular complexity index is 917. The molecule has 0 N–H and O–H groups in total. The maximum Gasteiger partial charge on any atom is 0.418 e. The van der Waals surface area contributed by atoms with Crippen molar-refractivity contribution >= 4 is 5.69 Å². The Morgan fingerprint density at radius 2 is 1.96 bits per heavy atom. The monoisotopic (exact) mass is 372 g/mol. The lowest BCUT2D eigenvalue weighted by Gasteiger charge is -2.18. The van der Waals surface area contributed by atoms with Crippen LogP contribution in [-0.4, -0.2) is 10.9 Å². The van der Waals surface area contributed by atoms with Crippen LogP contribution in [-0.2, 0) is 12.6 Å². The van der Waals surface area contributed by atoms with E-state index in [0.717, 1.165) is 25.1 Å². The maximum absolute atomic E-state index is 14.0. The Balaban J connectivity index is 2.12. The van der Waals surface area contributed by atoms with E-state index in [4.69, 9.17) is 11.3 Å². The Hall–Kier alpha value is -2.76. The summed E-state index contributed by atoms with van der Waals surface area (Å²) >= 11 is 0. The van der Waals surface area contributed by atoms with Gasteiger partial charge in [-0.05, 0) is 17.7 Å². The first kappa shape index (κ1) is 18.0. The maximum atomic E-state index is 14.0. The third-order valence-electron chi connectivity index (χ3n) is 4.17. The second-order valence-corrected chi connectivity index (χ2v) is 5.89. The molecule has 0 saturated heterocycles. The Morgan fingerprint density at radius 1 is 1.27 bits per heavy atom. The minimum absolute atomic E-state index is 0.109. The van der Waals surface area contributed by atoms with Gasteiger partial charge >= 0.3 is 6.18 Å². The number of benzene rings is 1. The molecule has 136 valence electrons. The van der Waals surface area contributed by atoms with Crippen molar-refractivity contribution in [3.05, 3.63) is 58.3 Å². The van der Waals surface area contributed by atoms with Crippen molar-refractivity contribution in [1.82, 2.24) is 4.98 Å². The van der Waals surface area contributed by atoms with Gasteiger partial charge in [0.05, 0.1) is 12.1 Å². The van der Waals surface area contributed by atoms with Gasteiger partial charge in [0, 0.05) is 30.2 Å². The summed E-state index contributed by atoms with van der Waals surface area (Å²) in [7, 11) is 0. The molecule has 0 amide bonds. The van der Waals surface area contributed by atoms with Crippen molar-refractivity contribution in [2.24, 2.45) is 0 Å². The zero-order chi connectivity index (χ0) is 19.3. The highest BCUT2D eigenvalue weighted by Crippen LogP contribution is 2.51. The van der Waals surface area contributed by atoms with Crippen LogP contribution in [0.15, 0.2) is 24.4 Å². The zero-order valence-electron chi connectivity index (χ0n) is 13.2. The predicted octanol–water partition coefficient (Wildman–Crippen LogP) is 5.88. The number of rotatable bonds is 2. The Kier molecular flexibility index (Phi) is 4.09. The normalized spacial score (nSPS) is 18.3. The van der Waals surface area contributed by atoms with Crippen LogP contribution in [0.4, 0.5) is 32.0 Å². The average molecular weight is 372 g/mol. The fraction of sp³-hybridized carbons (Fsp3) is 0.294. The van der Waals surface area contributed by atoms with E-state index in [0.29, 0.717) is 6.20 Å². The second-order valence-electron chi connectivity index (χ2n) is 5.89. The molecule has 1 aromatic heterocycles. The molecule has 0 bridgehead atoms. The highest BCUT2D eigenvalue weighted by atomic mass is 19.4. The van der Waals surface area contributed by atoms with Crippen molar-refractivity contribution in [2.75, 3.05) is 0 Å². The van der Waals surface area contributed by atoms with Crippen LogP contribution in [0.2, 0.25) is 0 Å². The Morgan fingerprint density at radius 3 is 2.58 bits per heavy atom. The summed E-state index contributed by atoms with van der Waals surface area (Å²) in [6.45, 7) is 7.88. The zero-order valence-corrected chi connectivity index (χ0v) is 13.2. The molecule has 3 rings (SSSR count). The van der Waals surface area contributed by atoms with E-state index in [1.807, 2.05) is 0 Å². The van der Waals surface area contributed by atoms with Crippen molar-refractivity contribution < 1.29 is 31.1 Å². The molecule has 1 aliphatic rings. The third kappa shape index (κ3) is 3.07. The molecule has 3 nitrogen and oxygen atoms in total. The molecule has 1 atom stereocenters. The lowest BCUT2D eigenvalue weighted by molar-refractivity contribution is -0.139. The first-order valence-corrected chi connectivity index (χ1v) is 7.35. The number of aromatic nitrogens is 1. The Labute approximate surface area is 144 Å². The predicted molar refractivity (Wildman–Crippen MR) is 79.0 cm³/mol. The number of ether oxygens (including phenoxy) is 1. The van der Waals surface area contributed by atoms with Gasteiger partial charge in [0.1, 0.15) is 11.6 Å². The number of hydrogen-bond donors (Lipinski definition) is 0. The van der Waals surface area contributed by atoms with Gasteiger partial charge in [0.15, 0.2) is 5.69 Å². The quantitative estimate of drug-likeness (QED) is 0.486. The molecule has 0 unspecified atom stereocenters. The van der Waals surface area contributed by atoms with Gasteiger partial charge in [-0.1, -0.05) is 6.92 Å². The van der Waals surface area contributed by atoms with Gasteiger partial charge in [-0.3, -0.25) is 0 Å². The van der Waals surface area contributed by atoms with E-state index < -0.39 is 47.3 Å². The summed E-state index contributed by atoms with van der Waals surface area (Å²) in [5.41, 5.74) is -2.30. The summed E-state index contributed by atoms with van der Waals surface area (Å²) in [4.78, 5) is 6.55. The molecule has 0 saturated carbocycles. The average Bonchev–Trinajstić information content (AvgIpc) is 2.77. The minimum Gasteiger partial charge on any atom is -0.440 e. The number of halogens is 6. The summed E-state index contributed by atoms with van der Waals surface area (Å²) in [6.07, 6.45) is -5.39. The first-order chi connectivity index (χ1) is 12.0. The van der Waals surface area contributed by atoms with Crippen molar-refractivity contribution in [1.29, 1.82) is 0 Å². The van der Waals surface area contributed by atoms with E-state index >= 15 is 0 Å². The van der Waals surface area contributed by atoms with Crippen LogP contribution in [0.3, 0.4) is 0 Å². The lowest BCUT2D eigenvalue weighted by atomic mass is 9.97.